The van der Waals surface area contributed by atoms with Gasteiger partial charge in [0.05, 0.1) is 25.7 Å². The molecule has 0 saturated carbocycles. The zero-order chi connectivity index (χ0) is 17.1. The molecule has 0 spiro atoms. The van der Waals surface area contributed by atoms with Crippen LogP contribution in [0, 0.1) is 0 Å². The lowest BCUT2D eigenvalue weighted by Gasteiger charge is -2.32. The topological polar surface area (TPSA) is 106 Å². The third kappa shape index (κ3) is 3.46. The Balaban J connectivity index is 1.61. The number of pyridine rings is 1. The number of fused-ring (bicyclic) bond motifs is 1. The van der Waals surface area contributed by atoms with E-state index in [0.29, 0.717) is 18.8 Å². The molecule has 0 aliphatic carbocycles. The normalized spacial score (nSPS) is 18.0. The summed E-state index contributed by atoms with van der Waals surface area (Å²) in [6.45, 7) is 1.18. The Morgan fingerprint density at radius 3 is 2.96 bits per heavy atom. The quantitative estimate of drug-likeness (QED) is 0.797. The third-order valence-electron chi connectivity index (χ3n) is 3.92. The molecule has 3 rings (SSSR count). The summed E-state index contributed by atoms with van der Waals surface area (Å²) in [6.07, 6.45) is 1.14. The maximum Gasteiger partial charge on any atom is 0.350 e. The molecule has 2 aromatic heterocycles. The molecule has 1 aliphatic heterocycles. The van der Waals surface area contributed by atoms with E-state index in [1.54, 1.807) is 29.3 Å². The minimum atomic E-state index is -0.953. The second-order valence-electron chi connectivity index (χ2n) is 5.61. The van der Waals surface area contributed by atoms with Crippen LogP contribution in [0.25, 0.3) is 5.65 Å². The van der Waals surface area contributed by atoms with E-state index in [2.05, 4.69) is 5.10 Å². The fourth-order valence-corrected chi connectivity index (χ4v) is 2.74. The van der Waals surface area contributed by atoms with Gasteiger partial charge in [-0.25, -0.2) is 9.48 Å². The van der Waals surface area contributed by atoms with Gasteiger partial charge in [-0.15, -0.1) is 5.10 Å². The average Bonchev–Trinajstić information content (AvgIpc) is 2.89. The highest BCUT2D eigenvalue weighted by molar-refractivity contribution is 5.76. The molecule has 0 aromatic carbocycles. The molecule has 1 atom stereocenters. The van der Waals surface area contributed by atoms with Crippen molar-refractivity contribution in [2.24, 2.45) is 0 Å². The Hall–Kier alpha value is -2.68. The summed E-state index contributed by atoms with van der Waals surface area (Å²) in [5, 5.41) is 13.0. The molecule has 128 valence electrons. The molecule has 1 N–H and O–H groups in total. The molecule has 9 nitrogen and oxygen atoms in total. The Bertz CT molecular complexity index is 812. The van der Waals surface area contributed by atoms with Gasteiger partial charge in [0.15, 0.2) is 5.65 Å². The molecule has 0 radical (unpaired) electrons. The van der Waals surface area contributed by atoms with Crippen LogP contribution in [0.2, 0.25) is 0 Å². The van der Waals surface area contributed by atoms with E-state index in [0.717, 1.165) is 0 Å². The smallest absolute Gasteiger partial charge is 0.350 e. The van der Waals surface area contributed by atoms with E-state index in [1.807, 2.05) is 0 Å². The van der Waals surface area contributed by atoms with Crippen molar-refractivity contribution in [3.8, 4) is 0 Å². The number of aryl methyl sites for hydroxylation is 1. The van der Waals surface area contributed by atoms with Crippen molar-refractivity contribution in [3.63, 3.8) is 0 Å². The third-order valence-corrected chi connectivity index (χ3v) is 3.92. The van der Waals surface area contributed by atoms with E-state index in [4.69, 9.17) is 9.84 Å². The number of hydrogen-bond donors (Lipinski definition) is 1. The minimum Gasteiger partial charge on any atom is -0.481 e. The molecule has 9 heteroatoms. The summed E-state index contributed by atoms with van der Waals surface area (Å²) in [7, 11) is 0. The maximum absolute atomic E-state index is 12.3. The van der Waals surface area contributed by atoms with Gasteiger partial charge in [-0.05, 0) is 12.1 Å². The molecular weight excluding hydrogens is 316 g/mol. The molecule has 1 aliphatic rings. The maximum atomic E-state index is 12.3. The second-order valence-corrected chi connectivity index (χ2v) is 5.61. The predicted molar refractivity (Wildman–Crippen MR) is 82.6 cm³/mol. The van der Waals surface area contributed by atoms with Crippen molar-refractivity contribution >= 4 is 17.5 Å². The van der Waals surface area contributed by atoms with Crippen LogP contribution in [-0.2, 0) is 20.9 Å². The monoisotopic (exact) mass is 334 g/mol. The Kier molecular flexibility index (Phi) is 4.61. The summed E-state index contributed by atoms with van der Waals surface area (Å²) in [5.74, 6) is -1.09. The van der Waals surface area contributed by atoms with Crippen LogP contribution < -0.4 is 5.69 Å². The molecule has 2 aromatic rings. The number of nitrogens with zero attached hydrogens (tertiary/aromatic N) is 4. The SMILES string of the molecule is O=C(O)C[C@H]1CN(C(=O)CCn2nc3ccccn3c2=O)CCO1. The summed E-state index contributed by atoms with van der Waals surface area (Å²) < 4.78 is 8.03. The predicted octanol–water partition coefficient (Wildman–Crippen LogP) is -0.412. The number of morpholine rings is 1. The molecular formula is C15H18N4O5. The molecule has 1 saturated heterocycles. The highest BCUT2D eigenvalue weighted by Gasteiger charge is 2.25. The average molecular weight is 334 g/mol. The molecule has 24 heavy (non-hydrogen) atoms. The number of carboxylic acid groups (broad SMARTS) is 1. The van der Waals surface area contributed by atoms with Crippen LogP contribution in [0.4, 0.5) is 0 Å². The van der Waals surface area contributed by atoms with Crippen LogP contribution in [-0.4, -0.2) is 61.9 Å². The van der Waals surface area contributed by atoms with Crippen molar-refractivity contribution in [2.75, 3.05) is 19.7 Å². The van der Waals surface area contributed by atoms with Crippen LogP contribution >= 0.6 is 0 Å². The van der Waals surface area contributed by atoms with Gasteiger partial charge in [0.1, 0.15) is 0 Å². The van der Waals surface area contributed by atoms with Gasteiger partial charge in [-0.2, -0.15) is 0 Å². The van der Waals surface area contributed by atoms with Crippen molar-refractivity contribution in [2.45, 2.75) is 25.5 Å². The highest BCUT2D eigenvalue weighted by Crippen LogP contribution is 2.10. The Morgan fingerprint density at radius 2 is 2.21 bits per heavy atom. The second kappa shape index (κ2) is 6.83. The first-order chi connectivity index (χ1) is 11.5. The number of carboxylic acids is 1. The van der Waals surface area contributed by atoms with Crippen molar-refractivity contribution in [1.29, 1.82) is 0 Å². The van der Waals surface area contributed by atoms with Gasteiger partial charge < -0.3 is 14.7 Å². The summed E-state index contributed by atoms with van der Waals surface area (Å²) >= 11 is 0. The Morgan fingerprint density at radius 1 is 1.38 bits per heavy atom. The van der Waals surface area contributed by atoms with E-state index in [1.165, 1.54) is 9.08 Å². The van der Waals surface area contributed by atoms with Gasteiger partial charge in [0.25, 0.3) is 0 Å². The van der Waals surface area contributed by atoms with E-state index in [-0.39, 0.29) is 37.5 Å². The van der Waals surface area contributed by atoms with Gasteiger partial charge in [0.2, 0.25) is 5.91 Å². The highest BCUT2D eigenvalue weighted by atomic mass is 16.5. The first-order valence-corrected chi connectivity index (χ1v) is 7.70. The summed E-state index contributed by atoms with van der Waals surface area (Å²) in [4.78, 5) is 36.8. The molecule has 3 heterocycles. The van der Waals surface area contributed by atoms with Crippen LogP contribution in [0.3, 0.4) is 0 Å². The number of carbonyl (C=O) groups is 2. The molecule has 1 amide bonds. The van der Waals surface area contributed by atoms with Crippen LogP contribution in [0.15, 0.2) is 29.2 Å². The van der Waals surface area contributed by atoms with E-state index < -0.39 is 12.1 Å². The number of amides is 1. The van der Waals surface area contributed by atoms with Gasteiger partial charge in [0, 0.05) is 25.7 Å². The van der Waals surface area contributed by atoms with E-state index >= 15 is 0 Å². The minimum absolute atomic E-state index is 0.129. The number of ether oxygens (including phenoxy) is 1. The number of hydrogen-bond acceptors (Lipinski definition) is 5. The number of aliphatic carboxylic acids is 1. The lowest BCUT2D eigenvalue weighted by molar-refractivity contribution is -0.147. The lowest BCUT2D eigenvalue weighted by Crippen LogP contribution is -2.46. The van der Waals surface area contributed by atoms with Crippen LogP contribution in [0.5, 0.6) is 0 Å². The number of rotatable bonds is 5. The summed E-state index contributed by atoms with van der Waals surface area (Å²) in [6, 6.07) is 5.24. The van der Waals surface area contributed by atoms with Crippen LogP contribution in [0.1, 0.15) is 12.8 Å². The fourth-order valence-electron chi connectivity index (χ4n) is 2.74. The largest absolute Gasteiger partial charge is 0.481 e. The lowest BCUT2D eigenvalue weighted by atomic mass is 10.2. The standard InChI is InChI=1S/C15H18N4O5/c20-13(17-7-8-24-11(10-17)9-14(21)22)4-6-19-15(23)18-5-2-1-3-12(18)16-19/h1-3,5,11H,4,6-10H2,(H,21,22)/t11-/m0/s1. The molecule has 1 fully saturated rings. The first kappa shape index (κ1) is 16.2. The zero-order valence-corrected chi connectivity index (χ0v) is 13.0. The zero-order valence-electron chi connectivity index (χ0n) is 13.0. The molecule has 0 bridgehead atoms. The Labute approximate surface area is 137 Å². The fraction of sp³-hybridized carbons (Fsp3) is 0.467. The van der Waals surface area contributed by atoms with E-state index in [9.17, 15) is 14.4 Å². The molecule has 0 unspecified atom stereocenters. The summed E-state index contributed by atoms with van der Waals surface area (Å²) in [5.41, 5.74) is 0.243. The number of carbonyl (C=O) groups excluding carboxylic acids is 1. The van der Waals surface area contributed by atoms with Gasteiger partial charge >= 0.3 is 11.7 Å². The van der Waals surface area contributed by atoms with Crippen molar-refractivity contribution < 1.29 is 19.4 Å². The first-order valence-electron chi connectivity index (χ1n) is 7.70. The van der Waals surface area contributed by atoms with Crippen molar-refractivity contribution in [1.82, 2.24) is 19.1 Å². The number of aromatic nitrogens is 3. The van der Waals surface area contributed by atoms with Gasteiger partial charge in [-0.3, -0.25) is 14.0 Å². The van der Waals surface area contributed by atoms with Gasteiger partial charge in [-0.1, -0.05) is 6.07 Å². The van der Waals surface area contributed by atoms with Crippen molar-refractivity contribution in [3.05, 3.63) is 34.9 Å².